The number of hydrogen-bond acceptors (Lipinski definition) is 5. The largest absolute Gasteiger partial charge is 0.668 e. The summed E-state index contributed by atoms with van der Waals surface area (Å²) < 4.78 is 0. The molecule has 0 amide bonds. The van der Waals surface area contributed by atoms with E-state index in [0.29, 0.717) is 6.42 Å². The van der Waals surface area contributed by atoms with E-state index in [0.717, 1.165) is 12.8 Å². The minimum Gasteiger partial charge on any atom is -0.481 e. The van der Waals surface area contributed by atoms with Crippen LogP contribution in [-0.4, -0.2) is 39.3 Å². The number of carboxylic acid groups (broad SMARTS) is 1. The Bertz CT molecular complexity index is 281. The van der Waals surface area contributed by atoms with Gasteiger partial charge in [-0.1, -0.05) is 96.8 Å². The summed E-state index contributed by atoms with van der Waals surface area (Å²) in [7, 11) is -4.61. The van der Waals surface area contributed by atoms with Crippen LogP contribution < -0.4 is 0 Å². The summed E-state index contributed by atoms with van der Waals surface area (Å²) in [5.74, 6) is -0.653. The molecule has 26 heavy (non-hydrogen) atoms. The van der Waals surface area contributed by atoms with E-state index in [2.05, 4.69) is 6.92 Å². The Labute approximate surface area is 170 Å². The first-order valence-electron chi connectivity index (χ1n) is 9.88. The molecule has 0 saturated carbocycles. The third kappa shape index (κ3) is 43.9. The maximum Gasteiger partial charge on any atom is 0.668 e. The van der Waals surface area contributed by atoms with E-state index in [1.165, 1.54) is 83.5 Å². The molecular weight excluding hydrogens is 399 g/mol. The Hall–Kier alpha value is 0.0334. The van der Waals surface area contributed by atoms with Crippen LogP contribution >= 0.6 is 0 Å². The van der Waals surface area contributed by atoms with Gasteiger partial charge in [-0.2, -0.15) is 0 Å². The van der Waals surface area contributed by atoms with Crippen LogP contribution in [0.15, 0.2) is 0 Å². The molecule has 0 atom stereocenters. The van der Waals surface area contributed by atoms with Gasteiger partial charge >= 0.3 is 15.0 Å². The summed E-state index contributed by atoms with van der Waals surface area (Å²) >= 11 is 0. The molecule has 0 unspecified atom stereocenters. The second-order valence-corrected chi connectivity index (χ2v) is 7.89. The van der Waals surface area contributed by atoms with Gasteiger partial charge in [-0.15, -0.1) is 0 Å². The van der Waals surface area contributed by atoms with Crippen LogP contribution in [0.4, 0.5) is 0 Å². The Kier molecular flexibility index (Phi) is 27.3. The molecule has 8 heteroatoms. The van der Waals surface area contributed by atoms with E-state index in [-0.39, 0.29) is 16.8 Å². The van der Waals surface area contributed by atoms with Crippen molar-refractivity contribution in [3.8, 4) is 0 Å². The molecule has 0 bridgehead atoms. The van der Waals surface area contributed by atoms with Crippen molar-refractivity contribution in [3.05, 3.63) is 0 Å². The van der Waals surface area contributed by atoms with Gasteiger partial charge in [0.2, 0.25) is 0 Å². The molecule has 0 rings (SSSR count). The van der Waals surface area contributed by atoms with Crippen molar-refractivity contribution >= 4 is 15.0 Å². The molecule has 0 aliphatic carbocycles. The quantitative estimate of drug-likeness (QED) is 0.185. The Morgan fingerprint density at radius 3 is 1.08 bits per heavy atom. The predicted octanol–water partition coefficient (Wildman–Crippen LogP) is 3.72. The van der Waals surface area contributed by atoms with Gasteiger partial charge < -0.3 is 24.3 Å². The van der Waals surface area contributed by atoms with Crippen molar-refractivity contribution in [1.82, 2.24) is 0 Å². The Morgan fingerprint density at radius 1 is 0.615 bits per heavy atom. The van der Waals surface area contributed by atoms with Gasteiger partial charge in [0.1, 0.15) is 0 Å². The third-order valence-corrected chi connectivity index (χ3v) is 3.99. The first kappa shape index (κ1) is 30.8. The molecule has 0 saturated heterocycles. The van der Waals surface area contributed by atoms with Crippen molar-refractivity contribution in [2.75, 3.05) is 0 Å². The van der Waals surface area contributed by atoms with Crippen LogP contribution in [0.25, 0.3) is 0 Å². The molecule has 6 nitrogen and oxygen atoms in total. The first-order valence-corrected chi connectivity index (χ1v) is 11.7. The van der Waals surface area contributed by atoms with Crippen molar-refractivity contribution in [3.63, 3.8) is 0 Å². The molecule has 0 aromatic carbocycles. The molecule has 5 N–H and O–H groups in total. The molecule has 0 fully saturated rings. The summed E-state index contributed by atoms with van der Waals surface area (Å²) in [6, 6.07) is 0. The van der Waals surface area contributed by atoms with Gasteiger partial charge in [0.25, 0.3) is 0 Å². The number of hydrogen-bond donors (Lipinski definition) is 5. The van der Waals surface area contributed by atoms with Crippen molar-refractivity contribution < 1.29 is 45.9 Å². The standard InChI is InChI=1S/C18H36O2.Co.H4O4Si/c1-2-3-4-5-6-7-8-9-10-11-12-13-14-15-16-17-18(19)20;;1-5(2,3)4/h2-17H2,1H3,(H,19,20);;1-4H. The zero-order chi connectivity index (χ0) is 19.4. The van der Waals surface area contributed by atoms with Gasteiger partial charge in [0.05, 0.1) is 0 Å². The summed E-state index contributed by atoms with van der Waals surface area (Å²) in [5, 5.41) is 8.52. The normalized spacial score (nSPS) is 10.7. The number of aliphatic carboxylic acids is 1. The van der Waals surface area contributed by atoms with Gasteiger partial charge in [0, 0.05) is 23.2 Å². The van der Waals surface area contributed by atoms with Crippen molar-refractivity contribution in [1.29, 1.82) is 0 Å². The van der Waals surface area contributed by atoms with Crippen LogP contribution in [0.1, 0.15) is 110 Å². The van der Waals surface area contributed by atoms with E-state index in [4.69, 9.17) is 24.3 Å². The van der Waals surface area contributed by atoms with E-state index in [1.807, 2.05) is 0 Å². The van der Waals surface area contributed by atoms with E-state index in [1.54, 1.807) is 0 Å². The van der Waals surface area contributed by atoms with Crippen molar-refractivity contribution in [2.45, 2.75) is 110 Å². The van der Waals surface area contributed by atoms with Crippen LogP contribution in [0.3, 0.4) is 0 Å². The van der Waals surface area contributed by atoms with Gasteiger partial charge in [0.15, 0.2) is 0 Å². The molecule has 1 radical (unpaired) electrons. The van der Waals surface area contributed by atoms with E-state index < -0.39 is 15.0 Å². The molecule has 0 aliphatic rings. The zero-order valence-electron chi connectivity index (χ0n) is 16.3. The summed E-state index contributed by atoms with van der Waals surface area (Å²) in [5.41, 5.74) is 0. The molecule has 0 heterocycles. The fourth-order valence-corrected chi connectivity index (χ4v) is 2.65. The molecule has 0 aromatic heterocycles. The summed E-state index contributed by atoms with van der Waals surface area (Å²) in [6.07, 6.45) is 20.2. The number of carbonyl (C=O) groups is 1. The Morgan fingerprint density at radius 2 is 0.846 bits per heavy atom. The number of carboxylic acids is 1. The zero-order valence-corrected chi connectivity index (χ0v) is 18.3. The molecule has 0 spiro atoms. The Balaban J connectivity index is -0.000000772. The predicted molar refractivity (Wildman–Crippen MR) is 102 cm³/mol. The molecule has 161 valence electrons. The van der Waals surface area contributed by atoms with Crippen LogP contribution in [0.2, 0.25) is 0 Å². The average Bonchev–Trinajstić information content (AvgIpc) is 2.49. The maximum atomic E-state index is 10.3. The van der Waals surface area contributed by atoms with E-state index in [9.17, 15) is 4.79 Å². The maximum absolute atomic E-state index is 10.3. The fourth-order valence-electron chi connectivity index (χ4n) is 2.65. The van der Waals surface area contributed by atoms with Crippen LogP contribution in [0, 0.1) is 0 Å². The van der Waals surface area contributed by atoms with Crippen LogP contribution in [-0.2, 0) is 21.6 Å². The number of rotatable bonds is 16. The number of unbranched alkanes of at least 4 members (excludes halogenated alkanes) is 14. The smallest absolute Gasteiger partial charge is 0.481 e. The topological polar surface area (TPSA) is 118 Å². The minimum absolute atomic E-state index is 0. The second-order valence-electron chi connectivity index (χ2n) is 6.69. The molecule has 0 aliphatic heterocycles. The summed E-state index contributed by atoms with van der Waals surface area (Å²) in [4.78, 5) is 39.6. The fraction of sp³-hybridized carbons (Fsp3) is 0.944. The third-order valence-electron chi connectivity index (χ3n) is 3.99. The SMILES string of the molecule is CCCCCCCCCCCCCCCCCC(=O)O.O[Si](O)(O)O.[Co]. The van der Waals surface area contributed by atoms with Crippen LogP contribution in [0.5, 0.6) is 0 Å². The van der Waals surface area contributed by atoms with Gasteiger partial charge in [-0.3, -0.25) is 4.79 Å². The molecule has 0 aromatic rings. The summed E-state index contributed by atoms with van der Waals surface area (Å²) in [6.45, 7) is 2.27. The van der Waals surface area contributed by atoms with E-state index >= 15 is 0 Å². The monoisotopic (exact) mass is 439 g/mol. The minimum atomic E-state index is -4.61. The van der Waals surface area contributed by atoms with Gasteiger partial charge in [-0.05, 0) is 6.42 Å². The molecular formula is C18H40CoO6Si. The van der Waals surface area contributed by atoms with Gasteiger partial charge in [-0.25, -0.2) is 0 Å². The first-order chi connectivity index (χ1) is 11.8. The average molecular weight is 440 g/mol. The van der Waals surface area contributed by atoms with Crippen molar-refractivity contribution in [2.24, 2.45) is 0 Å². The second kappa shape index (κ2) is 23.1.